The highest BCUT2D eigenvalue weighted by Gasteiger charge is 2.30. The van der Waals surface area contributed by atoms with E-state index in [-0.39, 0.29) is 22.2 Å². The molecular weight excluding hydrogens is 286 g/mol. The van der Waals surface area contributed by atoms with Gasteiger partial charge in [-0.25, -0.2) is 0 Å². The number of nitro groups is 1. The third-order valence-electron chi connectivity index (χ3n) is 3.15. The van der Waals surface area contributed by atoms with Crippen molar-refractivity contribution < 1.29 is 14.5 Å². The maximum Gasteiger partial charge on any atom is 0.288 e. The Hall–Kier alpha value is -2.15. The van der Waals surface area contributed by atoms with Crippen molar-refractivity contribution in [3.8, 4) is 0 Å². The number of hydrogen-bond donors (Lipinski definition) is 1. The van der Waals surface area contributed by atoms with Crippen LogP contribution >= 0.6 is 11.6 Å². The summed E-state index contributed by atoms with van der Waals surface area (Å²) < 4.78 is 0. The van der Waals surface area contributed by atoms with Crippen molar-refractivity contribution in [1.29, 1.82) is 0 Å². The Balaban J connectivity index is 2.31. The Morgan fingerprint density at radius 3 is 2.90 bits per heavy atom. The lowest BCUT2D eigenvalue weighted by Gasteiger charge is -2.32. The number of carbonyl (C=O) groups is 2. The normalized spacial score (nSPS) is 18.6. The Morgan fingerprint density at radius 2 is 2.25 bits per heavy atom. The molecular formula is C12H12ClN3O4. The van der Waals surface area contributed by atoms with E-state index in [0.29, 0.717) is 13.1 Å². The fraction of sp³-hybridized carbons (Fsp3) is 0.333. The highest BCUT2D eigenvalue weighted by Crippen LogP contribution is 2.26. The Kier molecular flexibility index (Phi) is 3.89. The molecule has 2 rings (SSSR count). The van der Waals surface area contributed by atoms with Crippen molar-refractivity contribution in [3.05, 3.63) is 38.9 Å². The average molecular weight is 298 g/mol. The first-order chi connectivity index (χ1) is 9.41. The van der Waals surface area contributed by atoms with Crippen LogP contribution in [0.3, 0.4) is 0 Å². The first kappa shape index (κ1) is 14.3. The first-order valence-corrected chi connectivity index (χ1v) is 6.32. The molecule has 0 saturated carbocycles. The Labute approximate surface area is 119 Å². The molecule has 0 radical (unpaired) electrons. The maximum absolute atomic E-state index is 12.3. The van der Waals surface area contributed by atoms with Crippen LogP contribution in [0.15, 0.2) is 18.2 Å². The summed E-state index contributed by atoms with van der Waals surface area (Å²) in [4.78, 5) is 35.4. The van der Waals surface area contributed by atoms with Crippen LogP contribution in [0.2, 0.25) is 5.02 Å². The van der Waals surface area contributed by atoms with E-state index in [2.05, 4.69) is 5.32 Å². The molecule has 2 amide bonds. The van der Waals surface area contributed by atoms with Crippen molar-refractivity contribution in [1.82, 2.24) is 10.2 Å². The minimum Gasteiger partial charge on any atom is -0.353 e. The molecule has 8 heteroatoms. The summed E-state index contributed by atoms with van der Waals surface area (Å²) in [5, 5.41) is 13.4. The molecule has 0 aromatic heterocycles. The van der Waals surface area contributed by atoms with Crippen molar-refractivity contribution >= 4 is 29.1 Å². The minimum atomic E-state index is -0.647. The maximum atomic E-state index is 12.3. The van der Waals surface area contributed by atoms with Crippen LogP contribution in [0, 0.1) is 10.1 Å². The molecule has 1 N–H and O–H groups in total. The average Bonchev–Trinajstić information content (AvgIpc) is 2.41. The van der Waals surface area contributed by atoms with E-state index < -0.39 is 16.9 Å². The number of amides is 2. The van der Waals surface area contributed by atoms with E-state index in [9.17, 15) is 19.7 Å². The van der Waals surface area contributed by atoms with Gasteiger partial charge in [-0.2, -0.15) is 0 Å². The summed E-state index contributed by atoms with van der Waals surface area (Å²) in [6.45, 7) is 2.34. The molecule has 1 heterocycles. The van der Waals surface area contributed by atoms with E-state index in [1.54, 1.807) is 6.92 Å². The summed E-state index contributed by atoms with van der Waals surface area (Å²) in [5.74, 6) is -0.667. The number of halogens is 1. The van der Waals surface area contributed by atoms with E-state index in [0.717, 1.165) is 6.07 Å². The second kappa shape index (κ2) is 5.46. The van der Waals surface area contributed by atoms with Crippen LogP contribution in [0.4, 0.5) is 5.69 Å². The van der Waals surface area contributed by atoms with Crippen LogP contribution in [0.25, 0.3) is 0 Å². The van der Waals surface area contributed by atoms with Gasteiger partial charge in [0, 0.05) is 24.7 Å². The summed E-state index contributed by atoms with van der Waals surface area (Å²) in [5.41, 5.74) is -0.186. The SMILES string of the molecule is CC1C(=O)NCCN1C(=O)c1ccc(Cl)c([N+](=O)[O-])c1. The zero-order valence-electron chi connectivity index (χ0n) is 10.6. The molecule has 1 saturated heterocycles. The molecule has 1 unspecified atom stereocenters. The van der Waals surface area contributed by atoms with Gasteiger partial charge in [-0.1, -0.05) is 11.6 Å². The van der Waals surface area contributed by atoms with Gasteiger partial charge in [-0.3, -0.25) is 19.7 Å². The monoisotopic (exact) mass is 297 g/mol. The second-order valence-electron chi connectivity index (χ2n) is 4.39. The van der Waals surface area contributed by atoms with E-state index in [1.165, 1.54) is 17.0 Å². The molecule has 1 aliphatic rings. The van der Waals surface area contributed by atoms with Gasteiger partial charge in [-0.05, 0) is 19.1 Å². The number of benzene rings is 1. The third kappa shape index (κ3) is 2.57. The number of hydrogen-bond acceptors (Lipinski definition) is 4. The van der Waals surface area contributed by atoms with E-state index in [1.807, 2.05) is 0 Å². The largest absolute Gasteiger partial charge is 0.353 e. The summed E-state index contributed by atoms with van der Waals surface area (Å²) in [6.07, 6.45) is 0. The highest BCUT2D eigenvalue weighted by atomic mass is 35.5. The summed E-state index contributed by atoms with van der Waals surface area (Å²) >= 11 is 5.70. The van der Waals surface area contributed by atoms with Crippen LogP contribution in [-0.2, 0) is 4.79 Å². The van der Waals surface area contributed by atoms with Gasteiger partial charge in [-0.15, -0.1) is 0 Å². The van der Waals surface area contributed by atoms with Gasteiger partial charge in [0.05, 0.1) is 4.92 Å². The molecule has 106 valence electrons. The fourth-order valence-corrected chi connectivity index (χ4v) is 2.20. The molecule has 1 aromatic carbocycles. The molecule has 1 aliphatic heterocycles. The summed E-state index contributed by atoms with van der Waals surface area (Å²) in [6, 6.07) is 3.24. The predicted octanol–water partition coefficient (Wildman–Crippen LogP) is 1.21. The Morgan fingerprint density at radius 1 is 1.55 bits per heavy atom. The van der Waals surface area contributed by atoms with Gasteiger partial charge in [0.25, 0.3) is 11.6 Å². The molecule has 20 heavy (non-hydrogen) atoms. The first-order valence-electron chi connectivity index (χ1n) is 5.94. The lowest BCUT2D eigenvalue weighted by atomic mass is 10.1. The molecule has 7 nitrogen and oxygen atoms in total. The zero-order valence-corrected chi connectivity index (χ0v) is 11.4. The van der Waals surface area contributed by atoms with Crippen LogP contribution in [-0.4, -0.2) is 40.8 Å². The second-order valence-corrected chi connectivity index (χ2v) is 4.80. The van der Waals surface area contributed by atoms with Gasteiger partial charge in [0.15, 0.2) is 0 Å². The van der Waals surface area contributed by atoms with Crippen LogP contribution in [0.1, 0.15) is 17.3 Å². The van der Waals surface area contributed by atoms with E-state index >= 15 is 0 Å². The zero-order chi connectivity index (χ0) is 14.9. The van der Waals surface area contributed by atoms with Crippen molar-refractivity contribution in [3.63, 3.8) is 0 Å². The third-order valence-corrected chi connectivity index (χ3v) is 3.47. The number of piperazine rings is 1. The lowest BCUT2D eigenvalue weighted by Crippen LogP contribution is -2.55. The smallest absolute Gasteiger partial charge is 0.288 e. The lowest BCUT2D eigenvalue weighted by molar-refractivity contribution is -0.384. The van der Waals surface area contributed by atoms with Crippen molar-refractivity contribution in [2.75, 3.05) is 13.1 Å². The number of rotatable bonds is 2. The molecule has 1 atom stereocenters. The van der Waals surface area contributed by atoms with Gasteiger partial charge in [0.2, 0.25) is 5.91 Å². The number of carbonyl (C=O) groups excluding carboxylic acids is 2. The highest BCUT2D eigenvalue weighted by molar-refractivity contribution is 6.32. The van der Waals surface area contributed by atoms with Gasteiger partial charge in [0.1, 0.15) is 11.1 Å². The van der Waals surface area contributed by atoms with E-state index in [4.69, 9.17) is 11.6 Å². The Bertz CT molecular complexity index is 590. The van der Waals surface area contributed by atoms with Gasteiger partial charge >= 0.3 is 0 Å². The fourth-order valence-electron chi connectivity index (χ4n) is 2.01. The molecule has 0 spiro atoms. The number of nitro benzene ring substituents is 1. The van der Waals surface area contributed by atoms with Crippen LogP contribution in [0.5, 0.6) is 0 Å². The molecule has 1 fully saturated rings. The quantitative estimate of drug-likeness (QED) is 0.656. The van der Waals surface area contributed by atoms with Crippen LogP contribution < -0.4 is 5.32 Å². The molecule has 1 aromatic rings. The van der Waals surface area contributed by atoms with Gasteiger partial charge < -0.3 is 10.2 Å². The standard InChI is InChI=1S/C12H12ClN3O4/c1-7-11(17)14-4-5-15(7)12(18)8-2-3-9(13)10(6-8)16(19)20/h2-3,6-7H,4-5H2,1H3,(H,14,17). The molecule has 0 aliphatic carbocycles. The molecule has 0 bridgehead atoms. The number of nitrogens with one attached hydrogen (secondary N) is 1. The summed E-state index contributed by atoms with van der Waals surface area (Å²) in [7, 11) is 0. The predicted molar refractivity (Wildman–Crippen MR) is 71.6 cm³/mol. The topological polar surface area (TPSA) is 92.6 Å². The van der Waals surface area contributed by atoms with Crippen molar-refractivity contribution in [2.24, 2.45) is 0 Å². The number of nitrogens with zero attached hydrogens (tertiary/aromatic N) is 2. The van der Waals surface area contributed by atoms with Crippen molar-refractivity contribution in [2.45, 2.75) is 13.0 Å². The minimum absolute atomic E-state index is 0.0315.